The van der Waals surface area contributed by atoms with E-state index >= 15 is 0 Å². The normalized spacial score (nSPS) is 12.0. The van der Waals surface area contributed by atoms with Gasteiger partial charge in [0.15, 0.2) is 11.6 Å². The highest BCUT2D eigenvalue weighted by Gasteiger charge is 2.27. The maximum Gasteiger partial charge on any atom is 0.258 e. The van der Waals surface area contributed by atoms with Crippen molar-refractivity contribution in [3.05, 3.63) is 129 Å². The highest BCUT2D eigenvalue weighted by Crippen LogP contribution is 2.33. The minimum atomic E-state index is -1.61. The number of amides is 4. The zero-order chi connectivity index (χ0) is 50.2. The molecular formula is C48H45Cl5N8O8. The summed E-state index contributed by atoms with van der Waals surface area (Å²) in [5, 5.41) is 27.3. The van der Waals surface area contributed by atoms with E-state index < -0.39 is 47.3 Å². The van der Waals surface area contributed by atoms with Gasteiger partial charge < -0.3 is 30.7 Å². The maximum absolute atomic E-state index is 13.5. The topological polar surface area (TPSA) is 218 Å². The Labute approximate surface area is 422 Å². The second-order valence-electron chi connectivity index (χ2n) is 14.9. The third kappa shape index (κ3) is 14.3. The first-order chi connectivity index (χ1) is 33.1. The van der Waals surface area contributed by atoms with E-state index in [1.807, 2.05) is 12.1 Å². The number of azo groups is 2. The summed E-state index contributed by atoms with van der Waals surface area (Å²) in [5.41, 5.74) is 3.65. The summed E-state index contributed by atoms with van der Waals surface area (Å²) in [5.74, 6) is -2.39. The van der Waals surface area contributed by atoms with E-state index in [0.29, 0.717) is 53.0 Å². The summed E-state index contributed by atoms with van der Waals surface area (Å²) in [6.45, 7) is 2.34. The Balaban J connectivity index is 1.28. The first-order valence-electron chi connectivity index (χ1n) is 20.9. The van der Waals surface area contributed by atoms with Crippen LogP contribution in [0.2, 0.25) is 10.0 Å². The molecule has 21 heteroatoms. The van der Waals surface area contributed by atoms with Gasteiger partial charge in [0.2, 0.25) is 12.1 Å². The van der Waals surface area contributed by atoms with Gasteiger partial charge in [-0.05, 0) is 117 Å². The number of halogens is 5. The quantitative estimate of drug-likeness (QED) is 0.0296. The maximum atomic E-state index is 13.5. The number of alkyl halides is 3. The molecule has 0 aliphatic heterocycles. The lowest BCUT2D eigenvalue weighted by Gasteiger charge is -2.16. The number of carbonyl (C=O) groups is 6. The van der Waals surface area contributed by atoms with Crippen molar-refractivity contribution in [1.29, 1.82) is 0 Å². The predicted molar refractivity (Wildman–Crippen MR) is 270 cm³/mol. The fourth-order valence-electron chi connectivity index (χ4n) is 6.72. The molecule has 69 heavy (non-hydrogen) atoms. The number of para-hydroxylation sites is 2. The SMILES string of the molecule is COc1c(CCCl)cccc1NC(=O)c1cc(N=NC(C(C)=O)C(=O)Nc2ccc(NC(=O)C(N=Nc3ccc(Cl)c(C(=O)Nc4cccc(CCCl)c4OC)c3)C(C)=O)c(CCCl)c2)ccc1Cl. The summed E-state index contributed by atoms with van der Waals surface area (Å²) >= 11 is 30.7. The smallest absolute Gasteiger partial charge is 0.258 e. The molecule has 5 aromatic rings. The molecule has 5 aromatic carbocycles. The van der Waals surface area contributed by atoms with Gasteiger partial charge >= 0.3 is 0 Å². The average molecular weight is 1040 g/mol. The lowest BCUT2D eigenvalue weighted by molar-refractivity contribution is -0.127. The lowest BCUT2D eigenvalue weighted by Crippen LogP contribution is -2.32. The van der Waals surface area contributed by atoms with Crippen molar-refractivity contribution in [2.24, 2.45) is 20.5 Å². The summed E-state index contributed by atoms with van der Waals surface area (Å²) in [6, 6.07) is 20.2. The van der Waals surface area contributed by atoms with Gasteiger partial charge in [0.25, 0.3) is 23.6 Å². The van der Waals surface area contributed by atoms with Crippen LogP contribution in [0.5, 0.6) is 11.5 Å². The van der Waals surface area contributed by atoms with Gasteiger partial charge in [-0.2, -0.15) is 20.5 Å². The number of anilines is 4. The molecule has 0 aliphatic rings. The van der Waals surface area contributed by atoms with Gasteiger partial charge in [-0.15, -0.1) is 34.8 Å². The van der Waals surface area contributed by atoms with E-state index in [-0.39, 0.29) is 56.2 Å². The second-order valence-corrected chi connectivity index (χ2v) is 16.8. The van der Waals surface area contributed by atoms with Crippen LogP contribution in [0.1, 0.15) is 51.3 Å². The summed E-state index contributed by atoms with van der Waals surface area (Å²) in [7, 11) is 2.96. The molecule has 0 radical (unpaired) electrons. The predicted octanol–water partition coefficient (Wildman–Crippen LogP) is 11.2. The van der Waals surface area contributed by atoms with Crippen LogP contribution < -0.4 is 30.7 Å². The largest absolute Gasteiger partial charge is 0.494 e. The van der Waals surface area contributed by atoms with Crippen LogP contribution in [0.3, 0.4) is 0 Å². The van der Waals surface area contributed by atoms with Gasteiger partial charge in [-0.3, -0.25) is 28.8 Å². The van der Waals surface area contributed by atoms with Crippen LogP contribution in [-0.4, -0.2) is 79.1 Å². The Morgan fingerprint density at radius 2 is 0.957 bits per heavy atom. The Morgan fingerprint density at radius 3 is 1.38 bits per heavy atom. The number of hydrogen-bond acceptors (Lipinski definition) is 12. The first kappa shape index (κ1) is 53.5. The van der Waals surface area contributed by atoms with Crippen molar-refractivity contribution in [2.45, 2.75) is 45.2 Å². The van der Waals surface area contributed by atoms with Crippen molar-refractivity contribution in [3.8, 4) is 11.5 Å². The number of ketones is 2. The zero-order valence-electron chi connectivity index (χ0n) is 37.5. The molecular weight excluding hydrogens is 994 g/mol. The third-order valence-corrected chi connectivity index (χ3v) is 11.3. The molecule has 2 atom stereocenters. The van der Waals surface area contributed by atoms with Gasteiger partial charge in [0, 0.05) is 29.0 Å². The van der Waals surface area contributed by atoms with Crippen molar-refractivity contribution in [1.82, 2.24) is 0 Å². The van der Waals surface area contributed by atoms with E-state index in [4.69, 9.17) is 67.5 Å². The number of carbonyl (C=O) groups excluding carboxylic acids is 6. The molecule has 0 bridgehead atoms. The Morgan fingerprint density at radius 1 is 0.522 bits per heavy atom. The van der Waals surface area contributed by atoms with E-state index in [1.54, 1.807) is 24.3 Å². The standard InChI is InChI=1S/C48H45Cl5N8O8/c1-26(62)41(60-58-32-11-14-36(52)34(24-32)45(64)56-39-9-5-7-28(17-20-49)43(39)68-3)47(66)54-31-13-16-38(30(23-31)19-22-51)55-48(67)42(27(2)63)61-59-33-12-15-37(53)35(25-33)46(65)57-40-10-6-8-29(18-21-50)44(40)69-4/h5-16,23-25,41-42H,17-22H2,1-4H3,(H,54,66)(H,55,67)(H,56,64)(H,57,65). The van der Waals surface area contributed by atoms with Crippen molar-refractivity contribution in [2.75, 3.05) is 53.1 Å². The first-order valence-corrected chi connectivity index (χ1v) is 23.3. The minimum absolute atomic E-state index is 0.0396. The number of rotatable bonds is 22. The molecule has 0 aliphatic carbocycles. The van der Waals surface area contributed by atoms with Crippen LogP contribution >= 0.6 is 58.0 Å². The monoisotopic (exact) mass is 1040 g/mol. The molecule has 0 saturated heterocycles. The number of nitrogens with zero attached hydrogens (tertiary/aromatic N) is 4. The molecule has 0 aromatic heterocycles. The van der Waals surface area contributed by atoms with Gasteiger partial charge in [0.05, 0.1) is 58.1 Å². The number of methoxy groups -OCH3 is 2. The van der Waals surface area contributed by atoms with Crippen LogP contribution in [-0.2, 0) is 38.4 Å². The van der Waals surface area contributed by atoms with E-state index in [9.17, 15) is 28.8 Å². The number of hydrogen-bond donors (Lipinski definition) is 4. The minimum Gasteiger partial charge on any atom is -0.494 e. The van der Waals surface area contributed by atoms with E-state index in [0.717, 1.165) is 11.1 Å². The summed E-state index contributed by atoms with van der Waals surface area (Å²) in [6.07, 6.45) is 1.23. The number of nitrogens with one attached hydrogen (secondary N) is 4. The second kappa shape index (κ2) is 25.8. The molecule has 0 saturated carbocycles. The average Bonchev–Trinajstić information content (AvgIpc) is 3.31. The van der Waals surface area contributed by atoms with Gasteiger partial charge in [-0.1, -0.05) is 47.5 Å². The third-order valence-electron chi connectivity index (χ3n) is 10.1. The van der Waals surface area contributed by atoms with Gasteiger partial charge in [0.1, 0.15) is 11.5 Å². The van der Waals surface area contributed by atoms with Crippen LogP contribution in [0.4, 0.5) is 34.1 Å². The van der Waals surface area contributed by atoms with Crippen molar-refractivity contribution < 1.29 is 38.2 Å². The molecule has 0 fully saturated rings. The summed E-state index contributed by atoms with van der Waals surface area (Å²) < 4.78 is 11.0. The van der Waals surface area contributed by atoms with Crippen molar-refractivity contribution in [3.63, 3.8) is 0 Å². The van der Waals surface area contributed by atoms with Crippen LogP contribution in [0.25, 0.3) is 0 Å². The number of Topliss-reactive ketones (excluding diaryl/α,β-unsaturated/α-hetero) is 2. The van der Waals surface area contributed by atoms with Crippen LogP contribution in [0.15, 0.2) is 111 Å². The molecule has 360 valence electrons. The lowest BCUT2D eigenvalue weighted by atomic mass is 10.1. The molecule has 0 spiro atoms. The Hall–Kier alpha value is -6.43. The molecule has 5 rings (SSSR count). The number of benzene rings is 5. The molecule has 0 heterocycles. The highest BCUT2D eigenvalue weighted by molar-refractivity contribution is 6.35. The zero-order valence-corrected chi connectivity index (χ0v) is 41.3. The number of aryl methyl sites for hydroxylation is 3. The van der Waals surface area contributed by atoms with Crippen molar-refractivity contribution >= 4 is 127 Å². The fourth-order valence-corrected chi connectivity index (χ4v) is 7.74. The van der Waals surface area contributed by atoms with E-state index in [2.05, 4.69) is 41.7 Å². The van der Waals surface area contributed by atoms with E-state index in [1.165, 1.54) is 82.7 Å². The Kier molecular flexibility index (Phi) is 20.0. The molecule has 4 N–H and O–H groups in total. The highest BCUT2D eigenvalue weighted by atomic mass is 35.5. The van der Waals surface area contributed by atoms with Gasteiger partial charge in [-0.25, -0.2) is 0 Å². The molecule has 16 nitrogen and oxygen atoms in total. The number of ether oxygens (including phenoxy) is 2. The fraction of sp³-hybridized carbons (Fsp3) is 0.250. The Bertz CT molecular complexity index is 2810. The summed E-state index contributed by atoms with van der Waals surface area (Å²) in [4.78, 5) is 79.1. The molecule has 4 amide bonds. The molecule has 2 unspecified atom stereocenters. The van der Waals surface area contributed by atoms with Crippen LogP contribution in [0, 0.1) is 0 Å².